The van der Waals surface area contributed by atoms with Crippen LogP contribution in [0.15, 0.2) is 30.3 Å². The van der Waals surface area contributed by atoms with Gasteiger partial charge in [-0.1, -0.05) is 19.1 Å². The quantitative estimate of drug-likeness (QED) is 0.701. The molecule has 3 rings (SSSR count). The van der Waals surface area contributed by atoms with E-state index in [9.17, 15) is 18.8 Å². The summed E-state index contributed by atoms with van der Waals surface area (Å²) in [6.45, 7) is 1.81. The highest BCUT2D eigenvalue weighted by atomic mass is 32.1. The zero-order valence-corrected chi connectivity index (χ0v) is 15.6. The van der Waals surface area contributed by atoms with Crippen molar-refractivity contribution in [3.8, 4) is 0 Å². The van der Waals surface area contributed by atoms with Crippen LogP contribution in [0.3, 0.4) is 0 Å². The Balaban J connectivity index is 1.47. The lowest BCUT2D eigenvalue weighted by Crippen LogP contribution is -2.46. The van der Waals surface area contributed by atoms with E-state index in [1.807, 2.05) is 6.07 Å². The number of halogens is 1. The molecule has 3 N–H and O–H groups in total. The second kappa shape index (κ2) is 8.30. The lowest BCUT2D eigenvalue weighted by molar-refractivity contribution is -0.120. The molecule has 1 aromatic heterocycles. The molecule has 142 valence electrons. The van der Waals surface area contributed by atoms with E-state index in [4.69, 9.17) is 0 Å². The number of rotatable bonds is 4. The molecule has 0 bridgehead atoms. The lowest BCUT2D eigenvalue weighted by Gasteiger charge is -2.16. The van der Waals surface area contributed by atoms with Gasteiger partial charge in [-0.05, 0) is 48.9 Å². The van der Waals surface area contributed by atoms with Gasteiger partial charge in [-0.15, -0.1) is 11.3 Å². The van der Waals surface area contributed by atoms with Gasteiger partial charge >= 0.3 is 0 Å². The summed E-state index contributed by atoms with van der Waals surface area (Å²) in [5.74, 6) is -1.76. The number of amides is 3. The van der Waals surface area contributed by atoms with Crippen molar-refractivity contribution < 1.29 is 18.8 Å². The fourth-order valence-corrected chi connectivity index (χ4v) is 4.05. The number of benzene rings is 1. The Morgan fingerprint density at radius 2 is 1.96 bits per heavy atom. The maximum Gasteiger partial charge on any atom is 0.279 e. The smallest absolute Gasteiger partial charge is 0.279 e. The highest BCUT2D eigenvalue weighted by Crippen LogP contribution is 2.32. The van der Waals surface area contributed by atoms with E-state index in [2.05, 4.69) is 23.1 Å². The van der Waals surface area contributed by atoms with Crippen LogP contribution in [0, 0.1) is 11.7 Å². The van der Waals surface area contributed by atoms with Crippen molar-refractivity contribution in [2.45, 2.75) is 26.2 Å². The van der Waals surface area contributed by atoms with E-state index in [1.54, 1.807) is 0 Å². The molecular formula is C19H20FN3O3S. The Kier molecular flexibility index (Phi) is 5.85. The molecule has 0 spiro atoms. The SMILES string of the molecule is CC1CCc2sc(C(=O)NNC(=O)CNC(=O)c3ccccc3F)cc2C1. The van der Waals surface area contributed by atoms with Crippen LogP contribution in [0.4, 0.5) is 4.39 Å². The number of thiophene rings is 1. The average molecular weight is 389 g/mol. The second-order valence-electron chi connectivity index (χ2n) is 6.57. The predicted octanol–water partition coefficient (Wildman–Crippen LogP) is 2.20. The highest BCUT2D eigenvalue weighted by Gasteiger charge is 2.21. The van der Waals surface area contributed by atoms with Crippen LogP contribution in [0.1, 0.15) is 43.8 Å². The van der Waals surface area contributed by atoms with Gasteiger partial charge in [0, 0.05) is 4.88 Å². The van der Waals surface area contributed by atoms with Gasteiger partial charge in [-0.2, -0.15) is 0 Å². The van der Waals surface area contributed by atoms with Gasteiger partial charge in [0.2, 0.25) is 0 Å². The third-order valence-corrected chi connectivity index (χ3v) is 5.63. The molecule has 8 heteroatoms. The Morgan fingerprint density at radius 3 is 2.74 bits per heavy atom. The molecular weight excluding hydrogens is 369 g/mol. The Bertz CT molecular complexity index is 881. The van der Waals surface area contributed by atoms with E-state index in [-0.39, 0.29) is 12.1 Å². The molecule has 27 heavy (non-hydrogen) atoms. The molecule has 1 atom stereocenters. The minimum absolute atomic E-state index is 0.146. The van der Waals surface area contributed by atoms with Gasteiger partial charge in [0.05, 0.1) is 17.0 Å². The predicted molar refractivity (Wildman–Crippen MR) is 99.9 cm³/mol. The summed E-state index contributed by atoms with van der Waals surface area (Å²) in [5.41, 5.74) is 5.65. The lowest BCUT2D eigenvalue weighted by atomic mass is 9.90. The molecule has 1 unspecified atom stereocenters. The first-order chi connectivity index (χ1) is 12.9. The van der Waals surface area contributed by atoms with Crippen molar-refractivity contribution >= 4 is 29.1 Å². The molecule has 0 saturated carbocycles. The minimum atomic E-state index is -0.699. The van der Waals surface area contributed by atoms with E-state index < -0.39 is 23.5 Å². The van der Waals surface area contributed by atoms with Crippen molar-refractivity contribution in [1.29, 1.82) is 0 Å². The van der Waals surface area contributed by atoms with E-state index in [1.165, 1.54) is 40.0 Å². The Hall–Kier alpha value is -2.74. The largest absolute Gasteiger partial charge is 0.343 e. The number of fused-ring (bicyclic) bond motifs is 1. The van der Waals surface area contributed by atoms with Crippen LogP contribution in [-0.4, -0.2) is 24.3 Å². The molecule has 1 aliphatic carbocycles. The number of carbonyl (C=O) groups excluding carboxylic acids is 3. The van der Waals surface area contributed by atoms with Crippen LogP contribution >= 0.6 is 11.3 Å². The summed E-state index contributed by atoms with van der Waals surface area (Å²) >= 11 is 1.44. The summed E-state index contributed by atoms with van der Waals surface area (Å²) in [6, 6.07) is 7.36. The van der Waals surface area contributed by atoms with Gasteiger partial charge in [0.1, 0.15) is 5.82 Å². The molecule has 6 nitrogen and oxygen atoms in total. The molecule has 3 amide bonds. The Labute approximate surface area is 160 Å². The van der Waals surface area contributed by atoms with Crippen LogP contribution in [0.25, 0.3) is 0 Å². The van der Waals surface area contributed by atoms with Gasteiger partial charge in [0.15, 0.2) is 0 Å². The number of hydrazine groups is 1. The number of carbonyl (C=O) groups is 3. The second-order valence-corrected chi connectivity index (χ2v) is 7.71. The first kappa shape index (κ1) is 19.0. The molecule has 0 aliphatic heterocycles. The molecule has 1 aromatic carbocycles. The third-order valence-electron chi connectivity index (χ3n) is 4.40. The van der Waals surface area contributed by atoms with Crippen molar-refractivity contribution in [3.05, 3.63) is 57.0 Å². The summed E-state index contributed by atoms with van der Waals surface area (Å²) in [4.78, 5) is 37.6. The third kappa shape index (κ3) is 4.71. The summed E-state index contributed by atoms with van der Waals surface area (Å²) in [5, 5.41) is 2.31. The molecule has 2 aromatic rings. The van der Waals surface area contributed by atoms with Crippen LogP contribution in [-0.2, 0) is 17.6 Å². The van der Waals surface area contributed by atoms with E-state index >= 15 is 0 Å². The van der Waals surface area contributed by atoms with Crippen molar-refractivity contribution in [1.82, 2.24) is 16.2 Å². The van der Waals surface area contributed by atoms with E-state index in [0.29, 0.717) is 10.8 Å². The van der Waals surface area contributed by atoms with Crippen LogP contribution in [0.2, 0.25) is 0 Å². The first-order valence-corrected chi connectivity index (χ1v) is 9.49. The van der Waals surface area contributed by atoms with Crippen molar-refractivity contribution in [2.24, 2.45) is 5.92 Å². The standard InChI is InChI=1S/C19H20FN3O3S/c1-11-6-7-15-12(8-11)9-16(27-15)19(26)23-22-17(24)10-21-18(25)13-4-2-3-5-14(13)20/h2-5,9,11H,6-8,10H2,1H3,(H,21,25)(H,22,24)(H,23,26). The fraction of sp³-hybridized carbons (Fsp3) is 0.316. The number of hydrogen-bond donors (Lipinski definition) is 3. The first-order valence-electron chi connectivity index (χ1n) is 8.67. The van der Waals surface area contributed by atoms with Gasteiger partial charge < -0.3 is 5.32 Å². The van der Waals surface area contributed by atoms with Gasteiger partial charge in [0.25, 0.3) is 17.7 Å². The summed E-state index contributed by atoms with van der Waals surface area (Å²) in [7, 11) is 0. The Morgan fingerprint density at radius 1 is 1.19 bits per heavy atom. The zero-order valence-electron chi connectivity index (χ0n) is 14.8. The van der Waals surface area contributed by atoms with E-state index in [0.717, 1.165) is 25.3 Å². The monoisotopic (exact) mass is 389 g/mol. The summed E-state index contributed by atoms with van der Waals surface area (Å²) < 4.78 is 13.5. The normalized spacial score (nSPS) is 15.6. The summed E-state index contributed by atoms with van der Waals surface area (Å²) in [6.07, 6.45) is 3.06. The maximum absolute atomic E-state index is 13.5. The van der Waals surface area contributed by atoms with Crippen molar-refractivity contribution in [2.75, 3.05) is 6.54 Å². The maximum atomic E-state index is 13.5. The molecule has 1 heterocycles. The molecule has 1 aliphatic rings. The highest BCUT2D eigenvalue weighted by molar-refractivity contribution is 7.14. The minimum Gasteiger partial charge on any atom is -0.343 e. The van der Waals surface area contributed by atoms with Gasteiger partial charge in [-0.3, -0.25) is 25.2 Å². The average Bonchev–Trinajstić information content (AvgIpc) is 3.07. The van der Waals surface area contributed by atoms with Crippen LogP contribution < -0.4 is 16.2 Å². The van der Waals surface area contributed by atoms with Crippen molar-refractivity contribution in [3.63, 3.8) is 0 Å². The number of aryl methyl sites for hydroxylation is 1. The molecule has 0 saturated heterocycles. The van der Waals surface area contributed by atoms with Crippen LogP contribution in [0.5, 0.6) is 0 Å². The molecule has 0 fully saturated rings. The number of nitrogens with one attached hydrogen (secondary N) is 3. The fourth-order valence-electron chi connectivity index (χ4n) is 2.95. The van der Waals surface area contributed by atoms with Gasteiger partial charge in [-0.25, -0.2) is 4.39 Å². The number of hydrogen-bond acceptors (Lipinski definition) is 4. The molecule has 0 radical (unpaired) electrons. The zero-order chi connectivity index (χ0) is 19.4. The topological polar surface area (TPSA) is 87.3 Å².